The number of carbonyl (C=O) groups excluding carboxylic acids is 2. The monoisotopic (exact) mass is 490 g/mol. The number of nitrogens with one attached hydrogen (secondary N) is 1. The summed E-state index contributed by atoms with van der Waals surface area (Å²) in [5.41, 5.74) is 0.0900. The van der Waals surface area contributed by atoms with Gasteiger partial charge >= 0.3 is 17.3 Å². The third kappa shape index (κ3) is 6.21. The van der Waals surface area contributed by atoms with Gasteiger partial charge in [-0.2, -0.15) is 8.78 Å². The predicted molar refractivity (Wildman–Crippen MR) is 89.3 cm³/mol. The normalized spacial score (nSPS) is 11.5. The first-order valence-electron chi connectivity index (χ1n) is 6.32. The van der Waals surface area contributed by atoms with Gasteiger partial charge in [0.15, 0.2) is 16.7 Å². The molecule has 138 valence electrons. The van der Waals surface area contributed by atoms with E-state index in [9.17, 15) is 31.3 Å². The van der Waals surface area contributed by atoms with E-state index < -0.39 is 34.0 Å². The number of hydrogen-bond donors (Lipinski definition) is 1. The van der Waals surface area contributed by atoms with E-state index in [0.29, 0.717) is 3.57 Å². The van der Waals surface area contributed by atoms with Crippen LogP contribution in [0, 0.1) is 3.57 Å². The van der Waals surface area contributed by atoms with Crippen LogP contribution < -0.4 is 5.32 Å². The van der Waals surface area contributed by atoms with Gasteiger partial charge in [0.2, 0.25) is 0 Å². The Kier molecular flexibility index (Phi) is 7.25. The molecule has 8 nitrogen and oxygen atoms in total. The van der Waals surface area contributed by atoms with E-state index in [1.807, 2.05) is 0 Å². The molecule has 0 aromatic heterocycles. The van der Waals surface area contributed by atoms with E-state index in [-0.39, 0.29) is 17.9 Å². The highest BCUT2D eigenvalue weighted by Gasteiger charge is 2.39. The van der Waals surface area contributed by atoms with Gasteiger partial charge in [-0.3, -0.25) is 5.32 Å². The zero-order chi connectivity index (χ0) is 19.3. The van der Waals surface area contributed by atoms with Crippen LogP contribution in [0.4, 0.5) is 19.3 Å². The van der Waals surface area contributed by atoms with Crippen LogP contribution in [0.2, 0.25) is 0 Å². The van der Waals surface area contributed by atoms with Gasteiger partial charge in [-0.1, -0.05) is 12.7 Å². The highest BCUT2D eigenvalue weighted by molar-refractivity contribution is 14.1. The minimum Gasteiger partial charge on any atom is -0.743 e. The maximum atomic E-state index is 12.9. The fourth-order valence-corrected chi connectivity index (χ4v) is 2.18. The average Bonchev–Trinajstić information content (AvgIpc) is 2.51. The second-order valence-electron chi connectivity index (χ2n) is 4.37. The molecule has 1 N–H and O–H groups in total. The lowest BCUT2D eigenvalue weighted by molar-refractivity contribution is -0.00997. The van der Waals surface area contributed by atoms with Crippen molar-refractivity contribution < 1.29 is 40.8 Å². The van der Waals surface area contributed by atoms with Gasteiger partial charge in [0.1, 0.15) is 6.61 Å². The summed E-state index contributed by atoms with van der Waals surface area (Å²) in [5, 5.41) is -2.35. The molecule has 0 aliphatic heterocycles. The third-order valence-corrected chi connectivity index (χ3v) is 4.25. The van der Waals surface area contributed by atoms with Gasteiger partial charge < -0.3 is 14.0 Å². The number of halogens is 3. The lowest BCUT2D eigenvalue weighted by Crippen LogP contribution is -2.34. The van der Waals surface area contributed by atoms with Crippen molar-refractivity contribution in [1.29, 1.82) is 0 Å². The number of anilines is 1. The standard InChI is InChI=1S/C13H12F2INO7S/c1-2-5-23-12(19)17-10-4-3-8(6-9(10)16)11(18)24-7-13(14,15)25(20,21)22/h2-4,6H,1,5,7H2,(H,17,19)(H,20,21,22)/p-1. The Morgan fingerprint density at radius 3 is 2.52 bits per heavy atom. The van der Waals surface area contributed by atoms with Crippen molar-refractivity contribution in [2.24, 2.45) is 0 Å². The summed E-state index contributed by atoms with van der Waals surface area (Å²) < 4.78 is 66.1. The number of ether oxygens (including phenoxy) is 2. The van der Waals surface area contributed by atoms with Gasteiger partial charge in [-0.25, -0.2) is 18.0 Å². The number of hydrogen-bond acceptors (Lipinski definition) is 7. The fourth-order valence-electron chi connectivity index (χ4n) is 1.33. The van der Waals surface area contributed by atoms with Crippen LogP contribution in [0.1, 0.15) is 10.4 Å². The van der Waals surface area contributed by atoms with Gasteiger partial charge in [-0.05, 0) is 40.8 Å². The molecule has 25 heavy (non-hydrogen) atoms. The van der Waals surface area contributed by atoms with Crippen molar-refractivity contribution in [1.82, 2.24) is 0 Å². The molecular formula is C13H11F2INO7S-. The predicted octanol–water partition coefficient (Wildman–Crippen LogP) is 2.32. The molecule has 0 atom stereocenters. The SMILES string of the molecule is C=CCOC(=O)Nc1ccc(C(=O)OCC(F)(F)S(=O)(=O)[O-])cc1I. The van der Waals surface area contributed by atoms with Gasteiger partial charge in [0.05, 0.1) is 11.3 Å². The molecule has 1 rings (SSSR count). The number of benzene rings is 1. The second-order valence-corrected chi connectivity index (χ2v) is 7.04. The van der Waals surface area contributed by atoms with Crippen LogP contribution >= 0.6 is 22.6 Å². The smallest absolute Gasteiger partial charge is 0.411 e. The molecule has 0 spiro atoms. The molecule has 0 bridgehead atoms. The van der Waals surface area contributed by atoms with Crippen molar-refractivity contribution in [2.75, 3.05) is 18.5 Å². The van der Waals surface area contributed by atoms with Crippen LogP contribution in [-0.2, 0) is 19.6 Å². The minimum absolute atomic E-state index is 0.0103. The second kappa shape index (κ2) is 8.53. The van der Waals surface area contributed by atoms with E-state index >= 15 is 0 Å². The fraction of sp³-hybridized carbons (Fsp3) is 0.231. The van der Waals surface area contributed by atoms with Crippen molar-refractivity contribution >= 4 is 50.5 Å². The molecule has 0 saturated carbocycles. The van der Waals surface area contributed by atoms with Crippen molar-refractivity contribution in [2.45, 2.75) is 5.25 Å². The molecule has 0 radical (unpaired) electrons. The molecule has 0 aliphatic rings. The lowest BCUT2D eigenvalue weighted by atomic mass is 10.2. The summed E-state index contributed by atoms with van der Waals surface area (Å²) >= 11 is 1.76. The maximum Gasteiger partial charge on any atom is 0.411 e. The van der Waals surface area contributed by atoms with E-state index in [2.05, 4.69) is 16.6 Å². The molecule has 0 unspecified atom stereocenters. The Morgan fingerprint density at radius 1 is 1.36 bits per heavy atom. The van der Waals surface area contributed by atoms with Crippen LogP contribution in [0.25, 0.3) is 0 Å². The van der Waals surface area contributed by atoms with Crippen LogP contribution in [0.3, 0.4) is 0 Å². The van der Waals surface area contributed by atoms with Crippen LogP contribution in [0.15, 0.2) is 30.9 Å². The Balaban J connectivity index is 2.77. The highest BCUT2D eigenvalue weighted by atomic mass is 127. The van der Waals surface area contributed by atoms with Crippen molar-refractivity contribution in [3.8, 4) is 0 Å². The summed E-state index contributed by atoms with van der Waals surface area (Å²) in [5.74, 6) is -1.26. The number of amides is 1. The number of alkyl halides is 2. The van der Waals surface area contributed by atoms with E-state index in [1.165, 1.54) is 18.2 Å². The first kappa shape index (κ1) is 21.2. The first-order valence-corrected chi connectivity index (χ1v) is 8.81. The van der Waals surface area contributed by atoms with Crippen LogP contribution in [-0.4, -0.2) is 43.5 Å². The molecule has 0 saturated heterocycles. The Morgan fingerprint density at radius 2 is 2.00 bits per heavy atom. The molecule has 1 amide bonds. The lowest BCUT2D eigenvalue weighted by Gasteiger charge is -2.19. The summed E-state index contributed by atoms with van der Waals surface area (Å²) in [6.45, 7) is 1.46. The number of esters is 1. The molecule has 1 aromatic rings. The zero-order valence-electron chi connectivity index (χ0n) is 12.3. The molecule has 0 fully saturated rings. The summed E-state index contributed by atoms with van der Waals surface area (Å²) in [6.07, 6.45) is 0.593. The van der Waals surface area contributed by atoms with E-state index in [1.54, 1.807) is 22.6 Å². The average molecular weight is 490 g/mol. The largest absolute Gasteiger partial charge is 0.743 e. The molecule has 1 aromatic carbocycles. The van der Waals surface area contributed by atoms with Gasteiger partial charge in [-0.15, -0.1) is 0 Å². The third-order valence-electron chi connectivity index (χ3n) is 2.51. The summed E-state index contributed by atoms with van der Waals surface area (Å²) in [4.78, 5) is 23.1. The van der Waals surface area contributed by atoms with Crippen molar-refractivity contribution in [3.63, 3.8) is 0 Å². The summed E-state index contributed by atoms with van der Waals surface area (Å²) in [6, 6.07) is 3.64. The quantitative estimate of drug-likeness (QED) is 0.270. The van der Waals surface area contributed by atoms with Gasteiger partial charge in [0.25, 0.3) is 0 Å². The molecule has 0 heterocycles. The number of rotatable bonds is 7. The summed E-state index contributed by atoms with van der Waals surface area (Å²) in [7, 11) is -5.95. The number of carbonyl (C=O) groups is 2. The molecule has 12 heteroatoms. The zero-order valence-corrected chi connectivity index (χ0v) is 15.3. The van der Waals surface area contributed by atoms with E-state index in [0.717, 1.165) is 6.07 Å². The minimum atomic E-state index is -5.95. The Hall–Kier alpha value is -1.80. The van der Waals surface area contributed by atoms with E-state index in [4.69, 9.17) is 4.74 Å². The molecule has 0 aliphatic carbocycles. The first-order chi connectivity index (χ1) is 11.5. The van der Waals surface area contributed by atoms with Gasteiger partial charge in [0, 0.05) is 3.57 Å². The molecular weight excluding hydrogens is 479 g/mol. The topological polar surface area (TPSA) is 122 Å². The maximum absolute atomic E-state index is 12.9. The Bertz CT molecular complexity index is 783. The van der Waals surface area contributed by atoms with Crippen molar-refractivity contribution in [3.05, 3.63) is 40.0 Å². The Labute approximate surface area is 155 Å². The highest BCUT2D eigenvalue weighted by Crippen LogP contribution is 2.23. The van der Waals surface area contributed by atoms with Crippen LogP contribution in [0.5, 0.6) is 0 Å².